The van der Waals surface area contributed by atoms with E-state index < -0.39 is 0 Å². The van der Waals surface area contributed by atoms with Crippen molar-refractivity contribution in [1.29, 1.82) is 0 Å². The van der Waals surface area contributed by atoms with Crippen LogP contribution in [0.1, 0.15) is 5.56 Å². The molecule has 2 nitrogen and oxygen atoms in total. The maximum Gasteiger partial charge on any atom is 0.214 e. The molecule has 1 heterocycles. The summed E-state index contributed by atoms with van der Waals surface area (Å²) in [7, 11) is 0. The van der Waals surface area contributed by atoms with E-state index >= 15 is 0 Å². The summed E-state index contributed by atoms with van der Waals surface area (Å²) in [6.45, 7) is 0.464. The van der Waals surface area contributed by atoms with Crippen molar-refractivity contribution in [1.82, 2.24) is 4.98 Å². The zero-order chi connectivity index (χ0) is 10.5. The molecule has 0 N–H and O–H groups in total. The molecular weight excluding hydrogens is 210 g/mol. The second-order valence-corrected chi connectivity index (χ2v) is 3.46. The van der Waals surface area contributed by atoms with Crippen LogP contribution in [-0.2, 0) is 6.61 Å². The molecule has 0 unspecified atom stereocenters. The second kappa shape index (κ2) is 4.80. The average Bonchev–Trinajstić information content (AvgIpc) is 2.28. The number of ether oxygens (including phenoxy) is 1. The molecule has 0 aliphatic rings. The van der Waals surface area contributed by atoms with Crippen LogP contribution in [0.2, 0.25) is 5.02 Å². The lowest BCUT2D eigenvalue weighted by Crippen LogP contribution is -1.96. The molecule has 0 bridgehead atoms. The Morgan fingerprint density at radius 3 is 2.93 bits per heavy atom. The molecule has 3 heteroatoms. The molecule has 0 atom stereocenters. The summed E-state index contributed by atoms with van der Waals surface area (Å²) in [6.07, 6.45) is 2.71. The summed E-state index contributed by atoms with van der Waals surface area (Å²) in [5, 5.41) is 0.712. The number of benzene rings is 1. The van der Waals surface area contributed by atoms with Crippen molar-refractivity contribution in [2.24, 2.45) is 0 Å². The van der Waals surface area contributed by atoms with Gasteiger partial charge in [0.15, 0.2) is 0 Å². The molecule has 2 rings (SSSR count). The van der Waals surface area contributed by atoms with Gasteiger partial charge in [0.1, 0.15) is 6.61 Å². The van der Waals surface area contributed by atoms with Crippen LogP contribution in [0.15, 0.2) is 42.5 Å². The van der Waals surface area contributed by atoms with Gasteiger partial charge in [-0.3, -0.25) is 0 Å². The molecule has 0 saturated carbocycles. The SMILES string of the molecule is Clc1cccc(COc2ccc[c]n2)c1. The highest BCUT2D eigenvalue weighted by atomic mass is 35.5. The quantitative estimate of drug-likeness (QED) is 0.790. The highest BCUT2D eigenvalue weighted by Gasteiger charge is 1.96. The molecule has 1 aromatic heterocycles. The van der Waals surface area contributed by atoms with Gasteiger partial charge in [0.25, 0.3) is 0 Å². The summed E-state index contributed by atoms with van der Waals surface area (Å²) < 4.78 is 5.45. The minimum Gasteiger partial charge on any atom is -0.473 e. The Bertz CT molecular complexity index is 431. The monoisotopic (exact) mass is 218 g/mol. The van der Waals surface area contributed by atoms with E-state index in [0.29, 0.717) is 17.5 Å². The zero-order valence-corrected chi connectivity index (χ0v) is 8.74. The molecular formula is C12H9ClNO. The fraction of sp³-hybridized carbons (Fsp3) is 0.0833. The van der Waals surface area contributed by atoms with Gasteiger partial charge in [-0.15, -0.1) is 0 Å². The fourth-order valence-corrected chi connectivity index (χ4v) is 1.39. The standard InChI is InChI=1S/C12H9ClNO/c13-11-5-3-4-10(8-11)9-15-12-6-1-2-7-14-12/h1-6,8H,9H2. The van der Waals surface area contributed by atoms with Crippen molar-refractivity contribution >= 4 is 11.6 Å². The summed E-state index contributed by atoms with van der Waals surface area (Å²) in [4.78, 5) is 3.94. The summed E-state index contributed by atoms with van der Waals surface area (Å²) >= 11 is 5.85. The lowest BCUT2D eigenvalue weighted by Gasteiger charge is -2.04. The third-order valence-corrected chi connectivity index (χ3v) is 2.10. The minimum absolute atomic E-state index is 0.464. The van der Waals surface area contributed by atoms with Gasteiger partial charge in [0.05, 0.1) is 6.20 Å². The van der Waals surface area contributed by atoms with Crippen LogP contribution in [0.4, 0.5) is 0 Å². The minimum atomic E-state index is 0.464. The lowest BCUT2D eigenvalue weighted by atomic mass is 10.2. The molecule has 2 aromatic rings. The van der Waals surface area contributed by atoms with Gasteiger partial charge in [-0.05, 0) is 23.8 Å². The normalized spacial score (nSPS) is 9.93. The van der Waals surface area contributed by atoms with Crippen LogP contribution in [0.25, 0.3) is 0 Å². The van der Waals surface area contributed by atoms with Gasteiger partial charge in [0.2, 0.25) is 5.88 Å². The Morgan fingerprint density at radius 1 is 1.27 bits per heavy atom. The number of rotatable bonds is 3. The Labute approximate surface area is 93.5 Å². The van der Waals surface area contributed by atoms with Crippen LogP contribution in [0.5, 0.6) is 5.88 Å². The third-order valence-electron chi connectivity index (χ3n) is 1.86. The molecule has 0 amide bonds. The zero-order valence-electron chi connectivity index (χ0n) is 7.98. The van der Waals surface area contributed by atoms with E-state index in [1.165, 1.54) is 0 Å². The lowest BCUT2D eigenvalue weighted by molar-refractivity contribution is 0.294. The Balaban J connectivity index is 1.99. The van der Waals surface area contributed by atoms with Crippen LogP contribution >= 0.6 is 11.6 Å². The maximum absolute atomic E-state index is 5.85. The van der Waals surface area contributed by atoms with Crippen LogP contribution in [0.3, 0.4) is 0 Å². The molecule has 0 aliphatic carbocycles. The van der Waals surface area contributed by atoms with E-state index in [2.05, 4.69) is 11.2 Å². The first-order chi connectivity index (χ1) is 7.34. The van der Waals surface area contributed by atoms with E-state index in [9.17, 15) is 0 Å². The van der Waals surface area contributed by atoms with Crippen molar-refractivity contribution in [3.63, 3.8) is 0 Å². The number of nitrogens with zero attached hydrogens (tertiary/aromatic N) is 1. The molecule has 0 aliphatic heterocycles. The van der Waals surface area contributed by atoms with Crippen molar-refractivity contribution in [3.8, 4) is 5.88 Å². The molecule has 0 spiro atoms. The van der Waals surface area contributed by atoms with E-state index in [1.807, 2.05) is 30.3 Å². The Hall–Kier alpha value is -1.54. The van der Waals surface area contributed by atoms with Gasteiger partial charge < -0.3 is 4.74 Å². The molecule has 1 radical (unpaired) electrons. The third kappa shape index (κ3) is 2.96. The smallest absolute Gasteiger partial charge is 0.214 e. The Morgan fingerprint density at radius 2 is 2.20 bits per heavy atom. The highest BCUT2D eigenvalue weighted by molar-refractivity contribution is 6.30. The van der Waals surface area contributed by atoms with Gasteiger partial charge in [0, 0.05) is 11.1 Å². The number of halogens is 1. The molecule has 0 fully saturated rings. The van der Waals surface area contributed by atoms with Gasteiger partial charge in [-0.25, -0.2) is 4.98 Å². The van der Waals surface area contributed by atoms with Crippen LogP contribution < -0.4 is 4.74 Å². The largest absolute Gasteiger partial charge is 0.473 e. The van der Waals surface area contributed by atoms with E-state index in [4.69, 9.17) is 16.3 Å². The van der Waals surface area contributed by atoms with Crippen LogP contribution in [-0.4, -0.2) is 4.98 Å². The summed E-state index contributed by atoms with van der Waals surface area (Å²) in [5.41, 5.74) is 1.02. The predicted molar refractivity (Wildman–Crippen MR) is 58.9 cm³/mol. The summed E-state index contributed by atoms with van der Waals surface area (Å²) in [6, 6.07) is 12.9. The first kappa shape index (κ1) is 9.99. The highest BCUT2D eigenvalue weighted by Crippen LogP contribution is 2.12. The van der Waals surface area contributed by atoms with Crippen molar-refractivity contribution in [3.05, 3.63) is 59.2 Å². The predicted octanol–water partition coefficient (Wildman–Crippen LogP) is 3.11. The number of hydrogen-bond donors (Lipinski definition) is 0. The first-order valence-corrected chi connectivity index (χ1v) is 4.93. The molecule has 0 saturated heterocycles. The first-order valence-electron chi connectivity index (χ1n) is 4.55. The average molecular weight is 219 g/mol. The molecule has 1 aromatic carbocycles. The van der Waals surface area contributed by atoms with Crippen molar-refractivity contribution < 1.29 is 4.74 Å². The topological polar surface area (TPSA) is 22.1 Å². The van der Waals surface area contributed by atoms with E-state index in [-0.39, 0.29) is 0 Å². The van der Waals surface area contributed by atoms with Gasteiger partial charge in [-0.2, -0.15) is 0 Å². The fourth-order valence-electron chi connectivity index (χ4n) is 1.18. The number of aromatic nitrogens is 1. The van der Waals surface area contributed by atoms with Gasteiger partial charge in [-0.1, -0.05) is 29.8 Å². The maximum atomic E-state index is 5.85. The molecule has 15 heavy (non-hydrogen) atoms. The summed E-state index contributed by atoms with van der Waals surface area (Å²) in [5.74, 6) is 0.567. The van der Waals surface area contributed by atoms with E-state index in [1.54, 1.807) is 12.1 Å². The number of pyridine rings is 1. The number of hydrogen-bond acceptors (Lipinski definition) is 2. The van der Waals surface area contributed by atoms with E-state index in [0.717, 1.165) is 5.56 Å². The van der Waals surface area contributed by atoms with Crippen LogP contribution in [0, 0.1) is 6.20 Å². The van der Waals surface area contributed by atoms with Crippen molar-refractivity contribution in [2.75, 3.05) is 0 Å². The Kier molecular flexibility index (Phi) is 3.20. The van der Waals surface area contributed by atoms with Crippen molar-refractivity contribution in [2.45, 2.75) is 6.61 Å². The second-order valence-electron chi connectivity index (χ2n) is 3.02. The van der Waals surface area contributed by atoms with Gasteiger partial charge >= 0.3 is 0 Å². The molecule has 75 valence electrons.